The molecule has 1 unspecified atom stereocenters. The molecule has 0 aliphatic heterocycles. The number of hydrogen-bond acceptors (Lipinski definition) is 6. The van der Waals surface area contributed by atoms with E-state index in [2.05, 4.69) is 15.3 Å². The van der Waals surface area contributed by atoms with E-state index in [9.17, 15) is 10.1 Å². The van der Waals surface area contributed by atoms with Crippen molar-refractivity contribution in [2.75, 3.05) is 20.8 Å². The zero-order valence-corrected chi connectivity index (χ0v) is 16.7. The molecule has 1 N–H and O–H groups in total. The van der Waals surface area contributed by atoms with E-state index in [1.54, 1.807) is 38.5 Å². The molecule has 0 aliphatic rings. The molecule has 1 atom stereocenters. The van der Waals surface area contributed by atoms with Gasteiger partial charge >= 0.3 is 0 Å². The number of methoxy groups -OCH3 is 2. The van der Waals surface area contributed by atoms with Gasteiger partial charge in [-0.3, -0.25) is 4.79 Å². The molecule has 1 aromatic heterocycles. The van der Waals surface area contributed by atoms with Gasteiger partial charge in [0.1, 0.15) is 5.69 Å². The van der Waals surface area contributed by atoms with Gasteiger partial charge in [0.05, 0.1) is 31.3 Å². The number of para-hydroxylation sites is 2. The van der Waals surface area contributed by atoms with E-state index in [1.165, 1.54) is 0 Å². The number of amides is 1. The quantitative estimate of drug-likeness (QED) is 0.642. The first-order valence-electron chi connectivity index (χ1n) is 8.87. The number of benzene rings is 2. The Morgan fingerprint density at radius 3 is 2.48 bits per heavy atom. The third kappa shape index (κ3) is 4.55. The van der Waals surface area contributed by atoms with E-state index >= 15 is 0 Å². The van der Waals surface area contributed by atoms with Crippen LogP contribution in [0.25, 0.3) is 11.0 Å². The summed E-state index contributed by atoms with van der Waals surface area (Å²) in [6, 6.07) is 14.7. The van der Waals surface area contributed by atoms with Crippen molar-refractivity contribution in [3.05, 3.63) is 58.9 Å². The third-order valence-corrected chi connectivity index (χ3v) is 4.66. The number of nitriles is 1. The molecule has 29 heavy (non-hydrogen) atoms. The van der Waals surface area contributed by atoms with Crippen LogP contribution in [0.15, 0.2) is 42.5 Å². The summed E-state index contributed by atoms with van der Waals surface area (Å²) in [4.78, 5) is 21.2. The van der Waals surface area contributed by atoms with Gasteiger partial charge in [0, 0.05) is 6.54 Å². The summed E-state index contributed by atoms with van der Waals surface area (Å²) in [5.74, 6) is -0.372. The van der Waals surface area contributed by atoms with Crippen LogP contribution in [0.4, 0.5) is 0 Å². The van der Waals surface area contributed by atoms with Crippen molar-refractivity contribution in [1.82, 2.24) is 15.3 Å². The van der Waals surface area contributed by atoms with Crippen LogP contribution >= 0.6 is 11.6 Å². The predicted molar refractivity (Wildman–Crippen MR) is 109 cm³/mol. The minimum absolute atomic E-state index is 0.0466. The molecular weight excluding hydrogens is 392 g/mol. The Morgan fingerprint density at radius 2 is 1.83 bits per heavy atom. The number of fused-ring (bicyclic) bond motifs is 1. The average Bonchev–Trinajstić information content (AvgIpc) is 2.74. The van der Waals surface area contributed by atoms with Gasteiger partial charge in [0.25, 0.3) is 0 Å². The van der Waals surface area contributed by atoms with Crippen molar-refractivity contribution in [3.63, 3.8) is 0 Å². The Balaban J connectivity index is 1.70. The fraction of sp³-hybridized carbons (Fsp3) is 0.238. The van der Waals surface area contributed by atoms with Crippen LogP contribution in [0.1, 0.15) is 17.2 Å². The third-order valence-electron chi connectivity index (χ3n) is 4.38. The van der Waals surface area contributed by atoms with Crippen LogP contribution in [0.5, 0.6) is 11.5 Å². The van der Waals surface area contributed by atoms with Crippen molar-refractivity contribution >= 4 is 28.5 Å². The van der Waals surface area contributed by atoms with Gasteiger partial charge < -0.3 is 14.8 Å². The van der Waals surface area contributed by atoms with Crippen molar-refractivity contribution in [3.8, 4) is 17.6 Å². The lowest BCUT2D eigenvalue weighted by molar-refractivity contribution is -0.121. The maximum absolute atomic E-state index is 12.6. The zero-order valence-electron chi connectivity index (χ0n) is 16.0. The van der Waals surface area contributed by atoms with Gasteiger partial charge in [-0.1, -0.05) is 29.8 Å². The first-order chi connectivity index (χ1) is 14.1. The topological polar surface area (TPSA) is 97.1 Å². The standard InChI is InChI=1S/C21H19ClN4O3/c1-28-17-8-7-13(11-18(17)29-2)9-10-24-21(27)14(12-23)19-20(22)26-16-6-4-3-5-15(16)25-19/h3-8,11,14H,9-10H2,1-2H3,(H,24,27). The van der Waals surface area contributed by atoms with Crippen molar-refractivity contribution in [2.24, 2.45) is 0 Å². The van der Waals surface area contributed by atoms with Crippen LogP contribution in [0.2, 0.25) is 5.15 Å². The van der Waals surface area contributed by atoms with Crippen LogP contribution in [-0.2, 0) is 11.2 Å². The lowest BCUT2D eigenvalue weighted by atomic mass is 10.1. The Hall–Kier alpha value is -3.37. The Morgan fingerprint density at radius 1 is 1.14 bits per heavy atom. The molecule has 7 nitrogen and oxygen atoms in total. The summed E-state index contributed by atoms with van der Waals surface area (Å²) in [7, 11) is 3.13. The summed E-state index contributed by atoms with van der Waals surface area (Å²) in [5, 5.41) is 12.3. The van der Waals surface area contributed by atoms with Gasteiger partial charge in [-0.2, -0.15) is 5.26 Å². The zero-order chi connectivity index (χ0) is 20.8. The molecule has 0 saturated carbocycles. The molecule has 0 fully saturated rings. The second kappa shape index (κ2) is 9.22. The normalized spacial score (nSPS) is 11.5. The molecule has 2 aromatic carbocycles. The van der Waals surface area contributed by atoms with Crippen LogP contribution in [-0.4, -0.2) is 36.6 Å². The van der Waals surface area contributed by atoms with E-state index in [-0.39, 0.29) is 10.8 Å². The summed E-state index contributed by atoms with van der Waals surface area (Å²) < 4.78 is 10.5. The van der Waals surface area contributed by atoms with Crippen molar-refractivity contribution in [2.45, 2.75) is 12.3 Å². The average molecular weight is 411 g/mol. The largest absolute Gasteiger partial charge is 0.493 e. The maximum atomic E-state index is 12.6. The number of nitrogens with zero attached hydrogens (tertiary/aromatic N) is 3. The first kappa shape index (κ1) is 20.4. The number of carbonyl (C=O) groups is 1. The van der Waals surface area contributed by atoms with Crippen molar-refractivity contribution in [1.29, 1.82) is 5.26 Å². The first-order valence-corrected chi connectivity index (χ1v) is 9.25. The monoisotopic (exact) mass is 410 g/mol. The highest BCUT2D eigenvalue weighted by Crippen LogP contribution is 2.28. The van der Waals surface area contributed by atoms with E-state index in [4.69, 9.17) is 21.1 Å². The number of carbonyl (C=O) groups excluding carboxylic acids is 1. The SMILES string of the molecule is COc1ccc(CCNC(=O)C(C#N)c2nc3ccccc3nc2Cl)cc1OC. The molecule has 1 heterocycles. The predicted octanol–water partition coefficient (Wildman–Crippen LogP) is 3.27. The smallest absolute Gasteiger partial charge is 0.243 e. The fourth-order valence-corrected chi connectivity index (χ4v) is 3.13. The van der Waals surface area contributed by atoms with Crippen LogP contribution < -0.4 is 14.8 Å². The number of halogens is 1. The van der Waals surface area contributed by atoms with E-state index in [0.29, 0.717) is 35.5 Å². The number of aromatic nitrogens is 2. The Labute approximate surface area is 173 Å². The van der Waals surface area contributed by atoms with Gasteiger partial charge in [-0.25, -0.2) is 9.97 Å². The van der Waals surface area contributed by atoms with Gasteiger partial charge in [0.2, 0.25) is 5.91 Å². The molecule has 8 heteroatoms. The van der Waals surface area contributed by atoms with Gasteiger partial charge in [-0.05, 0) is 36.2 Å². The molecule has 1 amide bonds. The molecule has 0 spiro atoms. The number of hydrogen-bond donors (Lipinski definition) is 1. The molecule has 0 aliphatic carbocycles. The second-order valence-corrected chi connectivity index (χ2v) is 6.54. The lowest BCUT2D eigenvalue weighted by Crippen LogP contribution is -2.31. The number of rotatable bonds is 7. The van der Waals surface area contributed by atoms with Gasteiger partial charge in [0.15, 0.2) is 22.6 Å². The van der Waals surface area contributed by atoms with Crippen LogP contribution in [0.3, 0.4) is 0 Å². The molecular formula is C21H19ClN4O3. The lowest BCUT2D eigenvalue weighted by Gasteiger charge is -2.13. The summed E-state index contributed by atoms with van der Waals surface area (Å²) in [6.45, 7) is 0.338. The van der Waals surface area contributed by atoms with Crippen molar-refractivity contribution < 1.29 is 14.3 Å². The fourth-order valence-electron chi connectivity index (χ4n) is 2.89. The second-order valence-electron chi connectivity index (χ2n) is 6.18. The minimum Gasteiger partial charge on any atom is -0.493 e. The van der Waals surface area contributed by atoms with Gasteiger partial charge in [-0.15, -0.1) is 0 Å². The van der Waals surface area contributed by atoms with E-state index < -0.39 is 11.8 Å². The van der Waals surface area contributed by atoms with E-state index in [1.807, 2.05) is 24.3 Å². The summed E-state index contributed by atoms with van der Waals surface area (Å²) >= 11 is 6.18. The molecule has 3 aromatic rings. The highest BCUT2D eigenvalue weighted by atomic mass is 35.5. The highest BCUT2D eigenvalue weighted by molar-refractivity contribution is 6.30. The summed E-state index contributed by atoms with van der Waals surface area (Å²) in [6.07, 6.45) is 0.557. The Bertz CT molecular complexity index is 1080. The van der Waals surface area contributed by atoms with Crippen LogP contribution in [0, 0.1) is 11.3 Å². The molecule has 3 rings (SSSR count). The maximum Gasteiger partial charge on any atom is 0.243 e. The number of nitrogens with one attached hydrogen (secondary N) is 1. The summed E-state index contributed by atoms with van der Waals surface area (Å²) in [5.41, 5.74) is 2.29. The molecule has 0 radical (unpaired) electrons. The Kier molecular flexibility index (Phi) is 6.47. The van der Waals surface area contributed by atoms with E-state index in [0.717, 1.165) is 5.56 Å². The number of ether oxygens (including phenoxy) is 2. The highest BCUT2D eigenvalue weighted by Gasteiger charge is 2.25. The minimum atomic E-state index is -1.15. The molecule has 0 bridgehead atoms. The molecule has 148 valence electrons. The molecule has 0 saturated heterocycles.